The van der Waals surface area contributed by atoms with Gasteiger partial charge in [0, 0.05) is 0 Å². The summed E-state index contributed by atoms with van der Waals surface area (Å²) in [4.78, 5) is 0. The smallest absolute Gasteiger partial charge is 0.0649 e. The minimum Gasteiger partial charge on any atom is -0.390 e. The molecule has 1 unspecified atom stereocenters. The zero-order valence-corrected chi connectivity index (χ0v) is 10.3. The highest BCUT2D eigenvalue weighted by atomic mass is 16.3. The average molecular weight is 227 g/mol. The fourth-order valence-electron chi connectivity index (χ4n) is 2.05. The third-order valence-corrected chi connectivity index (χ3v) is 3.40. The van der Waals surface area contributed by atoms with Crippen LogP contribution < -0.4 is 0 Å². The van der Waals surface area contributed by atoms with E-state index in [0.29, 0.717) is 12.8 Å². The number of benzene rings is 2. The number of aryl methyl sites for hydroxylation is 1. The van der Waals surface area contributed by atoms with Crippen molar-refractivity contribution in [3.63, 3.8) is 0 Å². The van der Waals surface area contributed by atoms with Crippen molar-refractivity contribution >= 4 is 10.8 Å². The first-order valence-corrected chi connectivity index (χ1v) is 6.17. The van der Waals surface area contributed by atoms with Crippen molar-refractivity contribution in [1.29, 1.82) is 0 Å². The van der Waals surface area contributed by atoms with Crippen molar-refractivity contribution in [1.82, 2.24) is 0 Å². The molecule has 1 radical (unpaired) electrons. The Bertz CT molecular complexity index is 494. The highest BCUT2D eigenvalue weighted by Gasteiger charge is 2.17. The minimum atomic E-state index is -0.795. The molecule has 1 heteroatoms. The van der Waals surface area contributed by atoms with E-state index in [1.54, 1.807) is 0 Å². The van der Waals surface area contributed by atoms with Gasteiger partial charge in [-0.05, 0) is 42.5 Å². The number of hydrogen-bond donors (Lipinski definition) is 1. The van der Waals surface area contributed by atoms with E-state index in [0.717, 1.165) is 6.42 Å². The van der Waals surface area contributed by atoms with E-state index in [9.17, 15) is 5.11 Å². The second-order valence-corrected chi connectivity index (χ2v) is 4.72. The largest absolute Gasteiger partial charge is 0.390 e. The van der Waals surface area contributed by atoms with Crippen LogP contribution in [0.15, 0.2) is 42.5 Å². The van der Waals surface area contributed by atoms with Crippen LogP contribution in [-0.2, 0) is 6.42 Å². The third-order valence-electron chi connectivity index (χ3n) is 3.40. The average Bonchev–Trinajstić information content (AvgIpc) is 2.36. The molecule has 2 rings (SSSR count). The van der Waals surface area contributed by atoms with Crippen LogP contribution in [0.1, 0.15) is 25.3 Å². The maximum atomic E-state index is 9.95. The number of fused-ring (bicyclic) bond motifs is 1. The Kier molecular flexibility index (Phi) is 3.49. The summed E-state index contributed by atoms with van der Waals surface area (Å²) < 4.78 is 0. The molecular weight excluding hydrogens is 208 g/mol. The van der Waals surface area contributed by atoms with E-state index < -0.39 is 5.60 Å². The molecule has 0 spiro atoms. The van der Waals surface area contributed by atoms with Gasteiger partial charge in [-0.3, -0.25) is 0 Å². The van der Waals surface area contributed by atoms with Crippen LogP contribution in [0.4, 0.5) is 0 Å². The molecule has 1 N–H and O–H groups in total. The summed E-state index contributed by atoms with van der Waals surface area (Å²) in [6.07, 6.45) is 2.27. The van der Waals surface area contributed by atoms with Gasteiger partial charge in [0.05, 0.1) is 5.60 Å². The van der Waals surface area contributed by atoms with Gasteiger partial charge in [-0.25, -0.2) is 0 Å². The molecule has 0 fully saturated rings. The van der Waals surface area contributed by atoms with Gasteiger partial charge < -0.3 is 5.11 Å². The molecule has 0 aliphatic rings. The fraction of sp³-hybridized carbons (Fsp3) is 0.312. The Balaban J connectivity index is 2.24. The Morgan fingerprint density at radius 3 is 2.59 bits per heavy atom. The molecule has 0 aromatic heterocycles. The lowest BCUT2D eigenvalue weighted by atomic mass is 9.92. The zero-order chi connectivity index (χ0) is 12.3. The standard InChI is InChI=1S/C16H19O/c1-3-16(2,17)12-11-14-9-6-8-13-7-4-5-10-15(13)14/h4-10,17H,2-3,11-12H2,1H3. The predicted molar refractivity (Wildman–Crippen MR) is 72.9 cm³/mol. The van der Waals surface area contributed by atoms with Gasteiger partial charge in [-0.1, -0.05) is 49.4 Å². The van der Waals surface area contributed by atoms with Crippen LogP contribution in [-0.4, -0.2) is 10.7 Å². The summed E-state index contributed by atoms with van der Waals surface area (Å²) in [6.45, 7) is 5.81. The molecule has 2 aromatic rings. The van der Waals surface area contributed by atoms with Crippen LogP contribution in [0.25, 0.3) is 10.8 Å². The molecule has 0 heterocycles. The van der Waals surface area contributed by atoms with E-state index in [2.05, 4.69) is 49.4 Å². The van der Waals surface area contributed by atoms with Crippen LogP contribution >= 0.6 is 0 Å². The quantitative estimate of drug-likeness (QED) is 0.843. The lowest BCUT2D eigenvalue weighted by molar-refractivity contribution is 0.0749. The Morgan fingerprint density at radius 2 is 1.82 bits per heavy atom. The number of hydrogen-bond acceptors (Lipinski definition) is 1. The molecule has 2 aromatic carbocycles. The van der Waals surface area contributed by atoms with Crippen LogP contribution in [0.2, 0.25) is 0 Å². The van der Waals surface area contributed by atoms with E-state index in [4.69, 9.17) is 0 Å². The monoisotopic (exact) mass is 227 g/mol. The molecule has 1 atom stereocenters. The first-order chi connectivity index (χ1) is 8.12. The summed E-state index contributed by atoms with van der Waals surface area (Å²) >= 11 is 0. The van der Waals surface area contributed by atoms with Crippen LogP contribution in [0.3, 0.4) is 0 Å². The maximum absolute atomic E-state index is 9.95. The summed E-state index contributed by atoms with van der Waals surface area (Å²) in [6, 6.07) is 14.7. The zero-order valence-electron chi connectivity index (χ0n) is 10.3. The highest BCUT2D eigenvalue weighted by Crippen LogP contribution is 2.23. The summed E-state index contributed by atoms with van der Waals surface area (Å²) in [7, 11) is 0. The van der Waals surface area contributed by atoms with Gasteiger partial charge in [0.25, 0.3) is 0 Å². The van der Waals surface area contributed by atoms with Gasteiger partial charge in [-0.15, -0.1) is 0 Å². The summed E-state index contributed by atoms with van der Waals surface area (Å²) in [5.74, 6) is 0. The lowest BCUT2D eigenvalue weighted by Crippen LogP contribution is -2.23. The Morgan fingerprint density at radius 1 is 1.12 bits per heavy atom. The number of aliphatic hydroxyl groups is 1. The molecule has 0 saturated carbocycles. The normalized spacial score (nSPS) is 14.8. The first-order valence-electron chi connectivity index (χ1n) is 6.17. The van der Waals surface area contributed by atoms with Crippen molar-refractivity contribution in [2.45, 2.75) is 31.8 Å². The molecular formula is C16H19O. The van der Waals surface area contributed by atoms with Crippen LogP contribution in [0.5, 0.6) is 0 Å². The van der Waals surface area contributed by atoms with Gasteiger partial charge in [0.15, 0.2) is 0 Å². The first kappa shape index (κ1) is 12.1. The highest BCUT2D eigenvalue weighted by molar-refractivity contribution is 5.85. The lowest BCUT2D eigenvalue weighted by Gasteiger charge is -2.21. The Hall–Kier alpha value is -1.34. The molecule has 0 aliphatic carbocycles. The van der Waals surface area contributed by atoms with E-state index >= 15 is 0 Å². The molecule has 17 heavy (non-hydrogen) atoms. The number of rotatable bonds is 4. The van der Waals surface area contributed by atoms with Gasteiger partial charge in [0.2, 0.25) is 0 Å². The molecule has 1 nitrogen and oxygen atoms in total. The van der Waals surface area contributed by atoms with Gasteiger partial charge in [0.1, 0.15) is 0 Å². The second kappa shape index (κ2) is 4.89. The Labute approximate surface area is 103 Å². The molecule has 0 bridgehead atoms. The molecule has 89 valence electrons. The molecule has 0 aliphatic heterocycles. The molecule has 0 saturated heterocycles. The van der Waals surface area contributed by atoms with Crippen molar-refractivity contribution < 1.29 is 5.11 Å². The third kappa shape index (κ3) is 2.86. The van der Waals surface area contributed by atoms with E-state index in [1.807, 2.05) is 6.92 Å². The predicted octanol–water partition coefficient (Wildman–Crippen LogP) is 3.75. The van der Waals surface area contributed by atoms with Crippen molar-refractivity contribution in [3.05, 3.63) is 55.0 Å². The fourth-order valence-corrected chi connectivity index (χ4v) is 2.05. The summed E-state index contributed by atoms with van der Waals surface area (Å²) in [5, 5.41) is 12.5. The van der Waals surface area contributed by atoms with Crippen molar-refractivity contribution in [3.8, 4) is 0 Å². The SMILES string of the molecule is [CH2]C(O)(CC)CCc1cccc2ccccc12. The topological polar surface area (TPSA) is 20.2 Å². The van der Waals surface area contributed by atoms with E-state index in [1.165, 1.54) is 16.3 Å². The van der Waals surface area contributed by atoms with Crippen LogP contribution in [0, 0.1) is 6.92 Å². The summed E-state index contributed by atoms with van der Waals surface area (Å²) in [5.41, 5.74) is 0.496. The van der Waals surface area contributed by atoms with Gasteiger partial charge >= 0.3 is 0 Å². The van der Waals surface area contributed by atoms with Crippen molar-refractivity contribution in [2.75, 3.05) is 0 Å². The van der Waals surface area contributed by atoms with Crippen molar-refractivity contribution in [2.24, 2.45) is 0 Å². The minimum absolute atomic E-state index is 0.692. The maximum Gasteiger partial charge on any atom is 0.0649 e. The molecule has 0 amide bonds. The van der Waals surface area contributed by atoms with Gasteiger partial charge in [-0.2, -0.15) is 0 Å². The van der Waals surface area contributed by atoms with E-state index in [-0.39, 0.29) is 0 Å². The second-order valence-electron chi connectivity index (χ2n) is 4.72.